The van der Waals surface area contributed by atoms with Crippen molar-refractivity contribution >= 4 is 39.6 Å². The molecule has 1 saturated heterocycles. The summed E-state index contributed by atoms with van der Waals surface area (Å²) in [7, 11) is 1.63. The normalized spacial score (nSPS) is 16.2. The molecule has 1 fully saturated rings. The number of anilines is 1. The van der Waals surface area contributed by atoms with Crippen LogP contribution in [-0.2, 0) is 4.79 Å². The Labute approximate surface area is 170 Å². The van der Waals surface area contributed by atoms with Gasteiger partial charge < -0.3 is 15.0 Å². The maximum Gasteiger partial charge on any atom is 0.264 e. The number of methoxy groups -OCH3 is 1. The number of hydrogen-bond acceptors (Lipinski definition) is 6. The Kier molecular flexibility index (Phi) is 5.40. The number of amides is 2. The van der Waals surface area contributed by atoms with E-state index < -0.39 is 6.04 Å². The number of ether oxygens (including phenoxy) is 1. The number of hydrogen-bond donors (Lipinski definition) is 1. The van der Waals surface area contributed by atoms with E-state index in [0.29, 0.717) is 23.0 Å². The molecule has 4 rings (SSSR count). The highest BCUT2D eigenvalue weighted by Gasteiger charge is 2.35. The number of carbonyl (C=O) groups excluding carboxylic acids is 2. The van der Waals surface area contributed by atoms with Crippen molar-refractivity contribution in [1.29, 1.82) is 0 Å². The van der Waals surface area contributed by atoms with Gasteiger partial charge in [-0.1, -0.05) is 6.07 Å². The van der Waals surface area contributed by atoms with Gasteiger partial charge in [-0.3, -0.25) is 9.59 Å². The fraction of sp³-hybridized carbons (Fsp3) is 0.250. The lowest BCUT2D eigenvalue weighted by Gasteiger charge is -2.22. The van der Waals surface area contributed by atoms with Gasteiger partial charge in [0.2, 0.25) is 5.91 Å². The Bertz CT molecular complexity index is 967. The number of nitrogens with zero attached hydrogens (tertiary/aromatic N) is 2. The van der Waals surface area contributed by atoms with Crippen LogP contribution in [0.15, 0.2) is 47.2 Å². The molecule has 2 amide bonds. The minimum absolute atomic E-state index is 0.0780. The Morgan fingerprint density at radius 1 is 1.21 bits per heavy atom. The number of nitrogens with one attached hydrogen (secondary N) is 1. The van der Waals surface area contributed by atoms with Crippen molar-refractivity contribution in [1.82, 2.24) is 9.88 Å². The quantitative estimate of drug-likeness (QED) is 0.683. The third-order valence-electron chi connectivity index (χ3n) is 4.67. The van der Waals surface area contributed by atoms with Crippen LogP contribution in [0.5, 0.6) is 5.75 Å². The van der Waals surface area contributed by atoms with Crippen LogP contribution < -0.4 is 10.1 Å². The van der Waals surface area contributed by atoms with E-state index in [4.69, 9.17) is 4.74 Å². The maximum atomic E-state index is 12.8. The maximum absolute atomic E-state index is 12.8. The number of thiophene rings is 1. The van der Waals surface area contributed by atoms with Crippen molar-refractivity contribution in [2.45, 2.75) is 18.9 Å². The molecule has 1 aliphatic heterocycles. The van der Waals surface area contributed by atoms with Crippen LogP contribution in [0.4, 0.5) is 5.13 Å². The molecule has 0 spiro atoms. The minimum Gasteiger partial charge on any atom is -0.497 e. The summed E-state index contributed by atoms with van der Waals surface area (Å²) in [4.78, 5) is 32.3. The molecule has 3 heterocycles. The molecule has 1 aromatic carbocycles. The molecule has 1 unspecified atom stereocenters. The van der Waals surface area contributed by atoms with Gasteiger partial charge in [0.1, 0.15) is 11.8 Å². The lowest BCUT2D eigenvalue weighted by molar-refractivity contribution is -0.119. The molecule has 3 aromatic rings. The predicted octanol–water partition coefficient (Wildman–Crippen LogP) is 4.12. The summed E-state index contributed by atoms with van der Waals surface area (Å²) in [5.41, 5.74) is 1.74. The van der Waals surface area contributed by atoms with Crippen molar-refractivity contribution in [3.05, 3.63) is 52.0 Å². The third-order valence-corrected chi connectivity index (χ3v) is 6.28. The van der Waals surface area contributed by atoms with Crippen molar-refractivity contribution in [3.63, 3.8) is 0 Å². The number of carbonyl (C=O) groups is 2. The summed E-state index contributed by atoms with van der Waals surface area (Å²) in [6, 6.07) is 10.8. The van der Waals surface area contributed by atoms with E-state index in [9.17, 15) is 9.59 Å². The first-order chi connectivity index (χ1) is 13.7. The molecule has 28 heavy (non-hydrogen) atoms. The first kappa shape index (κ1) is 18.6. The smallest absolute Gasteiger partial charge is 0.264 e. The van der Waals surface area contributed by atoms with Crippen LogP contribution in [0.2, 0.25) is 0 Å². The lowest BCUT2D eigenvalue weighted by atomic mass is 10.2. The largest absolute Gasteiger partial charge is 0.497 e. The van der Waals surface area contributed by atoms with Gasteiger partial charge in [0.15, 0.2) is 5.13 Å². The van der Waals surface area contributed by atoms with E-state index in [1.54, 1.807) is 18.1 Å². The van der Waals surface area contributed by atoms with E-state index >= 15 is 0 Å². The molecule has 0 radical (unpaired) electrons. The zero-order valence-corrected chi connectivity index (χ0v) is 16.9. The first-order valence-corrected chi connectivity index (χ1v) is 10.7. The van der Waals surface area contributed by atoms with E-state index in [1.165, 1.54) is 22.7 Å². The third kappa shape index (κ3) is 3.79. The highest BCUT2D eigenvalue weighted by molar-refractivity contribution is 7.14. The minimum atomic E-state index is -0.456. The zero-order chi connectivity index (χ0) is 19.5. The van der Waals surface area contributed by atoms with Crippen molar-refractivity contribution < 1.29 is 14.3 Å². The summed E-state index contributed by atoms with van der Waals surface area (Å²) in [5, 5.41) is 7.19. The molecular formula is C20H19N3O3S2. The summed E-state index contributed by atoms with van der Waals surface area (Å²) in [5.74, 6) is 0.521. The molecule has 6 nitrogen and oxygen atoms in total. The van der Waals surface area contributed by atoms with Crippen LogP contribution in [0.25, 0.3) is 11.3 Å². The highest BCUT2D eigenvalue weighted by Crippen LogP contribution is 2.28. The number of likely N-dealkylation sites (tertiary alicyclic amines) is 1. The van der Waals surface area contributed by atoms with Gasteiger partial charge in [-0.15, -0.1) is 22.7 Å². The van der Waals surface area contributed by atoms with Crippen molar-refractivity contribution in [3.8, 4) is 17.0 Å². The number of rotatable bonds is 5. The summed E-state index contributed by atoms with van der Waals surface area (Å²) in [6.45, 7) is 0.601. The topological polar surface area (TPSA) is 71.5 Å². The van der Waals surface area contributed by atoms with Crippen molar-refractivity contribution in [2.75, 3.05) is 19.0 Å². The van der Waals surface area contributed by atoms with Crippen LogP contribution in [0, 0.1) is 0 Å². The van der Waals surface area contributed by atoms with Gasteiger partial charge in [0, 0.05) is 17.5 Å². The number of aromatic nitrogens is 1. The molecule has 2 aromatic heterocycles. The fourth-order valence-electron chi connectivity index (χ4n) is 3.24. The zero-order valence-electron chi connectivity index (χ0n) is 15.3. The van der Waals surface area contributed by atoms with Crippen LogP contribution in [0.3, 0.4) is 0 Å². The lowest BCUT2D eigenvalue weighted by Crippen LogP contribution is -2.42. The molecule has 0 bridgehead atoms. The average molecular weight is 414 g/mol. The van der Waals surface area contributed by atoms with Crippen LogP contribution >= 0.6 is 22.7 Å². The average Bonchev–Trinajstić information content (AvgIpc) is 3.48. The van der Waals surface area contributed by atoms with Gasteiger partial charge in [-0.2, -0.15) is 0 Å². The molecule has 1 aliphatic rings. The van der Waals surface area contributed by atoms with Gasteiger partial charge in [-0.05, 0) is 48.6 Å². The monoisotopic (exact) mass is 413 g/mol. The number of benzene rings is 1. The van der Waals surface area contributed by atoms with E-state index in [2.05, 4.69) is 10.3 Å². The first-order valence-electron chi connectivity index (χ1n) is 8.91. The van der Waals surface area contributed by atoms with Crippen molar-refractivity contribution in [2.24, 2.45) is 0 Å². The molecule has 8 heteroatoms. The second kappa shape index (κ2) is 8.12. The van der Waals surface area contributed by atoms with Gasteiger partial charge in [0.05, 0.1) is 17.7 Å². The summed E-state index contributed by atoms with van der Waals surface area (Å²) >= 11 is 2.77. The summed E-state index contributed by atoms with van der Waals surface area (Å²) in [6.07, 6.45) is 1.49. The van der Waals surface area contributed by atoms with Gasteiger partial charge in [-0.25, -0.2) is 4.98 Å². The SMILES string of the molecule is COc1ccc(-c2csc(NC(=O)C3CCCN3C(=O)c3cccs3)n2)cc1. The Balaban J connectivity index is 1.44. The standard InChI is InChI=1S/C20H19N3O3S2/c1-26-14-8-6-13(7-9-14)15-12-28-20(21-15)22-18(24)16-4-2-10-23(16)19(25)17-5-3-11-27-17/h3,5-9,11-12,16H,2,4,10H2,1H3,(H,21,22,24). The van der Waals surface area contributed by atoms with Gasteiger partial charge in [0.25, 0.3) is 5.91 Å². The number of thiazole rings is 1. The highest BCUT2D eigenvalue weighted by atomic mass is 32.1. The van der Waals surface area contributed by atoms with Crippen LogP contribution in [-0.4, -0.2) is 41.4 Å². The van der Waals surface area contributed by atoms with E-state index in [-0.39, 0.29) is 11.8 Å². The fourth-order valence-corrected chi connectivity index (χ4v) is 4.64. The molecule has 0 aliphatic carbocycles. The second-order valence-corrected chi connectivity index (χ2v) is 8.20. The Morgan fingerprint density at radius 3 is 2.75 bits per heavy atom. The molecule has 1 N–H and O–H groups in total. The van der Waals surface area contributed by atoms with Gasteiger partial charge >= 0.3 is 0 Å². The Hall–Kier alpha value is -2.71. The second-order valence-electron chi connectivity index (χ2n) is 6.39. The molecular weight excluding hydrogens is 394 g/mol. The molecule has 144 valence electrons. The molecule has 0 saturated carbocycles. The predicted molar refractivity (Wildman–Crippen MR) is 111 cm³/mol. The Morgan fingerprint density at radius 2 is 2.04 bits per heavy atom. The van der Waals surface area contributed by atoms with Crippen LogP contribution in [0.1, 0.15) is 22.5 Å². The van der Waals surface area contributed by atoms with E-state index in [1.807, 2.05) is 41.1 Å². The molecule has 1 atom stereocenters. The summed E-state index contributed by atoms with van der Waals surface area (Å²) < 4.78 is 5.17. The van der Waals surface area contributed by atoms with E-state index in [0.717, 1.165) is 23.4 Å².